The molecule has 0 unspecified atom stereocenters. The van der Waals surface area contributed by atoms with Gasteiger partial charge in [0.2, 0.25) is 6.41 Å². The second-order valence-electron chi connectivity index (χ2n) is 9.85. The zero-order valence-electron chi connectivity index (χ0n) is 19.1. The van der Waals surface area contributed by atoms with Gasteiger partial charge in [-0.1, -0.05) is 39.0 Å². The Morgan fingerprint density at radius 3 is 2.19 bits per heavy atom. The fourth-order valence-corrected chi connectivity index (χ4v) is 3.89. The number of benzene rings is 2. The van der Waals surface area contributed by atoms with E-state index in [4.69, 9.17) is 14.9 Å². The monoisotopic (exact) mass is 439 g/mol. The second kappa shape index (κ2) is 9.74. The maximum absolute atomic E-state index is 11.0. The minimum absolute atomic E-state index is 0.0972. The van der Waals surface area contributed by atoms with Gasteiger partial charge < -0.3 is 19.8 Å². The smallest absolute Gasteiger partial charge is 0.335 e. The summed E-state index contributed by atoms with van der Waals surface area (Å²) in [6.07, 6.45) is 4.60. The van der Waals surface area contributed by atoms with Crippen LogP contribution in [0, 0.1) is 5.41 Å². The molecule has 0 radical (unpaired) electrons. The number of fused-ring (bicyclic) bond motifs is 1. The number of piperidine rings is 1. The Morgan fingerprint density at radius 2 is 1.66 bits per heavy atom. The van der Waals surface area contributed by atoms with Crippen molar-refractivity contribution in [1.82, 2.24) is 4.90 Å². The average molecular weight is 440 g/mol. The molecule has 1 spiro atoms. The van der Waals surface area contributed by atoms with Gasteiger partial charge in [-0.05, 0) is 59.2 Å². The van der Waals surface area contributed by atoms with Crippen molar-refractivity contribution in [3.63, 3.8) is 0 Å². The molecular formula is C26H33NO5. The lowest BCUT2D eigenvalue weighted by molar-refractivity contribution is -0.121. The van der Waals surface area contributed by atoms with Crippen LogP contribution < -0.4 is 4.74 Å². The molecule has 0 bridgehead atoms. The molecule has 1 amide bonds. The molecule has 2 aromatic carbocycles. The van der Waals surface area contributed by atoms with Crippen molar-refractivity contribution in [3.8, 4) is 16.9 Å². The zero-order chi connectivity index (χ0) is 23.4. The Hall–Kier alpha value is -2.86. The molecule has 1 fully saturated rings. The lowest BCUT2D eigenvalue weighted by atomic mass is 9.83. The molecule has 1 saturated heterocycles. The average Bonchev–Trinajstić information content (AvgIpc) is 2.79. The van der Waals surface area contributed by atoms with Crippen LogP contribution in [0.3, 0.4) is 0 Å². The highest BCUT2D eigenvalue weighted by Gasteiger charge is 2.39. The first kappa shape index (κ1) is 23.8. The largest absolute Gasteiger partial charge is 0.487 e. The SMILES string of the molecule is CC(C)(C)CO.O=CN1CCC2(CCc3cc(-c4ccc(C(=O)O)cc4)ccc3O2)CC1. The van der Waals surface area contributed by atoms with Gasteiger partial charge in [-0.25, -0.2) is 4.79 Å². The van der Waals surface area contributed by atoms with Gasteiger partial charge in [0.15, 0.2) is 0 Å². The summed E-state index contributed by atoms with van der Waals surface area (Å²) < 4.78 is 6.37. The summed E-state index contributed by atoms with van der Waals surface area (Å²) in [5.74, 6) is 0.0167. The Bertz CT molecular complexity index is 938. The number of aromatic carboxylic acids is 1. The lowest BCUT2D eigenvalue weighted by Crippen LogP contribution is -2.49. The first-order chi connectivity index (χ1) is 15.1. The maximum atomic E-state index is 11.0. The molecule has 0 atom stereocenters. The molecule has 2 aromatic rings. The van der Waals surface area contributed by atoms with Crippen molar-refractivity contribution in [2.45, 2.75) is 52.1 Å². The summed E-state index contributed by atoms with van der Waals surface area (Å²) in [6, 6.07) is 13.1. The molecule has 6 nitrogen and oxygen atoms in total. The number of aliphatic hydroxyl groups is 1. The third-order valence-corrected chi connectivity index (χ3v) is 6.03. The summed E-state index contributed by atoms with van der Waals surface area (Å²) in [5, 5.41) is 17.4. The number of aliphatic hydroxyl groups excluding tert-OH is 1. The van der Waals surface area contributed by atoms with E-state index < -0.39 is 5.97 Å². The summed E-state index contributed by atoms with van der Waals surface area (Å²) in [5.41, 5.74) is 3.50. The number of carboxylic acid groups (broad SMARTS) is 1. The molecule has 2 heterocycles. The molecule has 2 aliphatic rings. The van der Waals surface area contributed by atoms with Crippen LogP contribution >= 0.6 is 0 Å². The first-order valence-corrected chi connectivity index (χ1v) is 11.1. The van der Waals surface area contributed by atoms with Gasteiger partial charge >= 0.3 is 5.97 Å². The minimum Gasteiger partial charge on any atom is -0.487 e. The van der Waals surface area contributed by atoms with E-state index in [0.29, 0.717) is 5.56 Å². The Kier molecular flexibility index (Phi) is 7.24. The predicted octanol–water partition coefficient (Wildman–Crippen LogP) is 4.39. The summed E-state index contributed by atoms with van der Waals surface area (Å²) in [4.78, 5) is 23.7. The van der Waals surface area contributed by atoms with Gasteiger partial charge in [-0.15, -0.1) is 0 Å². The van der Waals surface area contributed by atoms with E-state index in [2.05, 4.69) is 6.07 Å². The number of amides is 1. The number of aryl methyl sites for hydroxylation is 1. The van der Waals surface area contributed by atoms with E-state index in [1.54, 1.807) is 12.1 Å². The molecule has 2 N–H and O–H groups in total. The first-order valence-electron chi connectivity index (χ1n) is 11.1. The summed E-state index contributed by atoms with van der Waals surface area (Å²) >= 11 is 0. The van der Waals surface area contributed by atoms with Gasteiger partial charge in [0.05, 0.1) is 5.56 Å². The maximum Gasteiger partial charge on any atom is 0.335 e. The number of carboxylic acids is 1. The minimum atomic E-state index is -0.915. The highest BCUT2D eigenvalue weighted by Crippen LogP contribution is 2.40. The topological polar surface area (TPSA) is 87.1 Å². The van der Waals surface area contributed by atoms with Crippen molar-refractivity contribution < 1.29 is 24.5 Å². The lowest BCUT2D eigenvalue weighted by Gasteiger charge is -2.43. The van der Waals surface area contributed by atoms with Crippen molar-refractivity contribution >= 4 is 12.4 Å². The van der Waals surface area contributed by atoms with Crippen LogP contribution in [0.2, 0.25) is 0 Å². The fraction of sp³-hybridized carbons (Fsp3) is 0.462. The van der Waals surface area contributed by atoms with E-state index in [1.807, 2.05) is 49.9 Å². The predicted molar refractivity (Wildman–Crippen MR) is 124 cm³/mol. The van der Waals surface area contributed by atoms with Gasteiger partial charge in [-0.3, -0.25) is 4.79 Å². The number of carbonyl (C=O) groups is 2. The summed E-state index contributed by atoms with van der Waals surface area (Å²) in [7, 11) is 0. The third kappa shape index (κ3) is 5.88. The van der Waals surface area contributed by atoms with Gasteiger partial charge in [-0.2, -0.15) is 0 Å². The molecule has 2 aliphatic heterocycles. The van der Waals surface area contributed by atoms with Gasteiger partial charge in [0.25, 0.3) is 0 Å². The molecule has 0 aromatic heterocycles. The van der Waals surface area contributed by atoms with Gasteiger partial charge in [0, 0.05) is 32.5 Å². The molecule has 0 saturated carbocycles. The molecule has 172 valence electrons. The van der Waals surface area contributed by atoms with Crippen LogP contribution in [-0.2, 0) is 11.2 Å². The number of carbonyl (C=O) groups excluding carboxylic acids is 1. The van der Waals surface area contributed by atoms with Crippen LogP contribution in [-0.4, -0.2) is 52.8 Å². The van der Waals surface area contributed by atoms with Crippen LogP contribution in [0.1, 0.15) is 56.0 Å². The summed E-state index contributed by atoms with van der Waals surface area (Å²) in [6.45, 7) is 7.76. The normalized spacial score (nSPS) is 16.9. The third-order valence-electron chi connectivity index (χ3n) is 6.03. The van der Waals surface area contributed by atoms with Crippen molar-refractivity contribution in [1.29, 1.82) is 0 Å². The number of hydrogen-bond donors (Lipinski definition) is 2. The van der Waals surface area contributed by atoms with E-state index >= 15 is 0 Å². The number of nitrogens with zero attached hydrogens (tertiary/aromatic N) is 1. The molecule has 0 aliphatic carbocycles. The Morgan fingerprint density at radius 1 is 1.06 bits per heavy atom. The highest BCUT2D eigenvalue weighted by molar-refractivity contribution is 5.88. The van der Waals surface area contributed by atoms with E-state index in [9.17, 15) is 9.59 Å². The van der Waals surface area contributed by atoms with Crippen molar-refractivity contribution in [2.24, 2.45) is 5.41 Å². The van der Waals surface area contributed by atoms with Crippen LogP contribution in [0.5, 0.6) is 5.75 Å². The molecule has 32 heavy (non-hydrogen) atoms. The van der Waals surface area contributed by atoms with Crippen LogP contribution in [0.4, 0.5) is 0 Å². The molecule has 6 heteroatoms. The standard InChI is InChI=1S/C21H21NO4.C5H12O/c23-14-22-11-9-21(10-12-22)8-7-18-13-17(5-6-19(18)26-21)15-1-3-16(4-2-15)20(24)25;1-5(2,3)4-6/h1-6,13-14H,7-12H2,(H,24,25);6H,4H2,1-3H3. The van der Waals surface area contributed by atoms with Crippen LogP contribution in [0.15, 0.2) is 42.5 Å². The fourth-order valence-electron chi connectivity index (χ4n) is 3.89. The second-order valence-corrected chi connectivity index (χ2v) is 9.85. The number of hydrogen-bond acceptors (Lipinski definition) is 4. The van der Waals surface area contributed by atoms with E-state index in [1.165, 1.54) is 5.56 Å². The van der Waals surface area contributed by atoms with Crippen molar-refractivity contribution in [3.05, 3.63) is 53.6 Å². The Balaban J connectivity index is 0.000000427. The van der Waals surface area contributed by atoms with Crippen molar-refractivity contribution in [2.75, 3.05) is 19.7 Å². The number of rotatable bonds is 3. The Labute approximate surface area is 189 Å². The quantitative estimate of drug-likeness (QED) is 0.693. The number of likely N-dealkylation sites (tertiary alicyclic amines) is 1. The van der Waals surface area contributed by atoms with E-state index in [0.717, 1.165) is 62.1 Å². The molecular weight excluding hydrogens is 406 g/mol. The zero-order valence-corrected chi connectivity index (χ0v) is 19.1. The highest BCUT2D eigenvalue weighted by atomic mass is 16.5. The molecule has 4 rings (SSSR count). The number of ether oxygens (including phenoxy) is 1. The van der Waals surface area contributed by atoms with E-state index in [-0.39, 0.29) is 17.6 Å². The van der Waals surface area contributed by atoms with Crippen LogP contribution in [0.25, 0.3) is 11.1 Å². The van der Waals surface area contributed by atoms with Gasteiger partial charge in [0.1, 0.15) is 11.4 Å².